The lowest BCUT2D eigenvalue weighted by atomic mass is 10.2. The van der Waals surface area contributed by atoms with Gasteiger partial charge in [-0.05, 0) is 24.3 Å². The van der Waals surface area contributed by atoms with Crippen molar-refractivity contribution in [3.05, 3.63) is 58.6 Å². The molecule has 0 heterocycles. The Morgan fingerprint density at radius 1 is 1.16 bits per heavy atom. The van der Waals surface area contributed by atoms with Gasteiger partial charge in [-0.25, -0.2) is 13.6 Å². The van der Waals surface area contributed by atoms with Crippen LogP contribution in [0.4, 0.5) is 8.78 Å². The summed E-state index contributed by atoms with van der Waals surface area (Å²) in [5.41, 5.74) is -0.0893. The fourth-order valence-electron chi connectivity index (χ4n) is 1.42. The number of rotatable bonds is 3. The summed E-state index contributed by atoms with van der Waals surface area (Å²) in [5, 5.41) is 8.76. The molecule has 2 aromatic rings. The quantitative estimate of drug-likeness (QED) is 0.922. The third-order valence-electron chi connectivity index (χ3n) is 2.29. The number of carboxylic acid groups (broad SMARTS) is 1. The van der Waals surface area contributed by atoms with Gasteiger partial charge >= 0.3 is 5.97 Å². The first kappa shape index (κ1) is 13.3. The van der Waals surface area contributed by atoms with Gasteiger partial charge in [-0.3, -0.25) is 0 Å². The Labute approximate surface area is 112 Å². The minimum atomic E-state index is -1.18. The Morgan fingerprint density at radius 2 is 1.89 bits per heavy atom. The van der Waals surface area contributed by atoms with E-state index in [1.54, 1.807) is 0 Å². The van der Waals surface area contributed by atoms with E-state index >= 15 is 0 Å². The van der Waals surface area contributed by atoms with Crippen molar-refractivity contribution < 1.29 is 23.4 Å². The van der Waals surface area contributed by atoms with E-state index in [9.17, 15) is 13.6 Å². The molecule has 3 nitrogen and oxygen atoms in total. The largest absolute Gasteiger partial charge is 0.478 e. The van der Waals surface area contributed by atoms with Gasteiger partial charge in [0.2, 0.25) is 0 Å². The number of halogens is 3. The first-order valence-corrected chi connectivity index (χ1v) is 5.51. The molecule has 0 radical (unpaired) electrons. The topological polar surface area (TPSA) is 46.5 Å². The van der Waals surface area contributed by atoms with Crippen LogP contribution >= 0.6 is 11.6 Å². The zero-order valence-corrected chi connectivity index (χ0v) is 10.1. The summed E-state index contributed by atoms with van der Waals surface area (Å²) in [4.78, 5) is 10.8. The van der Waals surface area contributed by atoms with E-state index in [0.29, 0.717) is 6.07 Å². The highest BCUT2D eigenvalue weighted by atomic mass is 35.5. The van der Waals surface area contributed by atoms with Gasteiger partial charge in [-0.15, -0.1) is 0 Å². The van der Waals surface area contributed by atoms with Crippen molar-refractivity contribution in [2.24, 2.45) is 0 Å². The van der Waals surface area contributed by atoms with Crippen LogP contribution in [0, 0.1) is 11.6 Å². The van der Waals surface area contributed by atoms with Crippen molar-refractivity contribution in [1.29, 1.82) is 0 Å². The van der Waals surface area contributed by atoms with Gasteiger partial charge in [0, 0.05) is 12.1 Å². The molecule has 0 bridgehead atoms. The van der Waals surface area contributed by atoms with Gasteiger partial charge in [0.25, 0.3) is 0 Å². The number of ether oxygens (including phenoxy) is 1. The van der Waals surface area contributed by atoms with E-state index < -0.39 is 17.6 Å². The molecule has 0 aliphatic carbocycles. The summed E-state index contributed by atoms with van der Waals surface area (Å²) in [7, 11) is 0. The molecule has 6 heteroatoms. The lowest BCUT2D eigenvalue weighted by molar-refractivity contribution is 0.0697. The Hall–Kier alpha value is -2.14. The molecule has 0 amide bonds. The smallest absolute Gasteiger partial charge is 0.337 e. The van der Waals surface area contributed by atoms with Crippen LogP contribution in [-0.4, -0.2) is 11.1 Å². The average Bonchev–Trinajstić information content (AvgIpc) is 2.32. The Balaban J connectivity index is 2.29. The highest BCUT2D eigenvalue weighted by Gasteiger charge is 2.11. The van der Waals surface area contributed by atoms with E-state index in [-0.39, 0.29) is 22.1 Å². The molecule has 2 rings (SSSR count). The standard InChI is InChI=1S/C13H7ClF2O3/c14-10-6-8(2-3-9(10)13(17)18)19-12-4-1-7(15)5-11(12)16/h1-6H,(H,17,18). The molecule has 2 aromatic carbocycles. The second-order valence-corrected chi connectivity index (χ2v) is 4.03. The number of carbonyl (C=O) groups is 1. The van der Waals surface area contributed by atoms with Crippen LogP contribution in [0.15, 0.2) is 36.4 Å². The maximum Gasteiger partial charge on any atom is 0.337 e. The van der Waals surface area contributed by atoms with Crippen LogP contribution in [0.25, 0.3) is 0 Å². The number of hydrogen-bond acceptors (Lipinski definition) is 2. The van der Waals surface area contributed by atoms with E-state index in [1.807, 2.05) is 0 Å². The monoisotopic (exact) mass is 284 g/mol. The number of carboxylic acids is 1. The van der Waals surface area contributed by atoms with Gasteiger partial charge in [-0.2, -0.15) is 0 Å². The van der Waals surface area contributed by atoms with Crippen LogP contribution in [0.2, 0.25) is 5.02 Å². The third-order valence-corrected chi connectivity index (χ3v) is 2.61. The second-order valence-electron chi connectivity index (χ2n) is 3.62. The summed E-state index contributed by atoms with van der Waals surface area (Å²) < 4.78 is 31.2. The number of aromatic carboxylic acids is 1. The van der Waals surface area contributed by atoms with Gasteiger partial charge in [0.1, 0.15) is 11.6 Å². The van der Waals surface area contributed by atoms with E-state index in [0.717, 1.165) is 12.1 Å². The lowest BCUT2D eigenvalue weighted by Gasteiger charge is -2.08. The highest BCUT2D eigenvalue weighted by molar-refractivity contribution is 6.33. The van der Waals surface area contributed by atoms with Crippen LogP contribution in [-0.2, 0) is 0 Å². The summed E-state index contributed by atoms with van der Waals surface area (Å²) in [6, 6.07) is 6.67. The zero-order chi connectivity index (χ0) is 14.0. The van der Waals surface area contributed by atoms with Gasteiger partial charge in [-0.1, -0.05) is 11.6 Å². The fraction of sp³-hybridized carbons (Fsp3) is 0. The molecule has 0 spiro atoms. The zero-order valence-electron chi connectivity index (χ0n) is 9.36. The maximum atomic E-state index is 13.4. The van der Waals surface area contributed by atoms with Crippen LogP contribution in [0.3, 0.4) is 0 Å². The van der Waals surface area contributed by atoms with E-state index in [2.05, 4.69) is 0 Å². The Morgan fingerprint density at radius 3 is 2.47 bits per heavy atom. The third kappa shape index (κ3) is 3.00. The Kier molecular flexibility index (Phi) is 3.66. The average molecular weight is 285 g/mol. The first-order chi connectivity index (χ1) is 8.97. The summed E-state index contributed by atoms with van der Waals surface area (Å²) in [5.74, 6) is -2.78. The normalized spacial score (nSPS) is 10.3. The minimum absolute atomic E-state index is 0.0347. The molecule has 98 valence electrons. The van der Waals surface area contributed by atoms with Crippen molar-refractivity contribution in [3.8, 4) is 11.5 Å². The minimum Gasteiger partial charge on any atom is -0.478 e. The molecule has 0 aliphatic rings. The summed E-state index contributed by atoms with van der Waals surface area (Å²) >= 11 is 5.74. The lowest BCUT2D eigenvalue weighted by Crippen LogP contribution is -1.97. The van der Waals surface area contributed by atoms with Crippen LogP contribution < -0.4 is 4.74 Å². The van der Waals surface area contributed by atoms with Gasteiger partial charge in [0.05, 0.1) is 10.6 Å². The Bertz CT molecular complexity index is 644. The predicted octanol–water partition coefficient (Wildman–Crippen LogP) is 4.11. The van der Waals surface area contributed by atoms with Crippen molar-refractivity contribution in [2.75, 3.05) is 0 Å². The number of benzene rings is 2. The molecule has 0 atom stereocenters. The second kappa shape index (κ2) is 5.24. The summed E-state index contributed by atoms with van der Waals surface area (Å²) in [6.45, 7) is 0. The van der Waals surface area contributed by atoms with Crippen molar-refractivity contribution in [1.82, 2.24) is 0 Å². The maximum absolute atomic E-state index is 13.4. The molecule has 0 saturated carbocycles. The van der Waals surface area contributed by atoms with Crippen molar-refractivity contribution in [2.45, 2.75) is 0 Å². The van der Waals surface area contributed by atoms with Gasteiger partial charge in [0.15, 0.2) is 11.6 Å². The number of hydrogen-bond donors (Lipinski definition) is 1. The summed E-state index contributed by atoms with van der Waals surface area (Å²) in [6.07, 6.45) is 0. The van der Waals surface area contributed by atoms with Crippen LogP contribution in [0.5, 0.6) is 11.5 Å². The molecule has 0 aliphatic heterocycles. The van der Waals surface area contributed by atoms with Crippen LogP contribution in [0.1, 0.15) is 10.4 Å². The molecule has 1 N–H and O–H groups in total. The van der Waals surface area contributed by atoms with Gasteiger partial charge < -0.3 is 9.84 Å². The molecule has 0 unspecified atom stereocenters. The molecular weight excluding hydrogens is 278 g/mol. The van der Waals surface area contributed by atoms with E-state index in [4.69, 9.17) is 21.4 Å². The van der Waals surface area contributed by atoms with E-state index in [1.165, 1.54) is 18.2 Å². The van der Waals surface area contributed by atoms with Crippen molar-refractivity contribution >= 4 is 17.6 Å². The van der Waals surface area contributed by atoms with Crippen molar-refractivity contribution in [3.63, 3.8) is 0 Å². The molecule has 0 fully saturated rings. The molecular formula is C13H7ClF2O3. The predicted molar refractivity (Wildman–Crippen MR) is 64.8 cm³/mol. The fourth-order valence-corrected chi connectivity index (χ4v) is 1.67. The first-order valence-electron chi connectivity index (χ1n) is 5.13. The highest BCUT2D eigenvalue weighted by Crippen LogP contribution is 2.28. The molecule has 0 aromatic heterocycles. The molecule has 0 saturated heterocycles. The molecule has 19 heavy (non-hydrogen) atoms. The SMILES string of the molecule is O=C(O)c1ccc(Oc2ccc(F)cc2F)cc1Cl.